The maximum Gasteiger partial charge on any atom is 0.257 e. The van der Waals surface area contributed by atoms with Crippen LogP contribution < -0.4 is 11.1 Å². The van der Waals surface area contributed by atoms with Crippen molar-refractivity contribution in [2.24, 2.45) is 0 Å². The summed E-state index contributed by atoms with van der Waals surface area (Å²) in [4.78, 5) is 11.1. The van der Waals surface area contributed by atoms with Gasteiger partial charge in [-0.05, 0) is 13.0 Å². The number of nitrogen functional groups attached to an aromatic ring is 1. The zero-order valence-electron chi connectivity index (χ0n) is 9.82. The first-order chi connectivity index (χ1) is 7.49. The van der Waals surface area contributed by atoms with E-state index in [9.17, 15) is 13.6 Å². The van der Waals surface area contributed by atoms with Gasteiger partial charge in [-0.1, -0.05) is 13.8 Å². The standard InChI is InChI=1S/C9H10F2N2O.C2H6/c1-4-6(12)3-5(10)7(8(4)11)9(14)13-2;1-2/h3H,12H2,1-2H3,(H,13,14);1-2H3. The smallest absolute Gasteiger partial charge is 0.257 e. The van der Waals surface area contributed by atoms with Gasteiger partial charge in [0.25, 0.3) is 5.91 Å². The molecule has 0 heterocycles. The lowest BCUT2D eigenvalue weighted by Crippen LogP contribution is -2.21. The average molecular weight is 230 g/mol. The number of amides is 1. The molecule has 0 spiro atoms. The van der Waals surface area contributed by atoms with Crippen molar-refractivity contribution >= 4 is 11.6 Å². The fourth-order valence-electron chi connectivity index (χ4n) is 1.07. The molecule has 5 heteroatoms. The Balaban J connectivity index is 0.00000106. The fraction of sp³-hybridized carbons (Fsp3) is 0.364. The van der Waals surface area contributed by atoms with E-state index in [1.165, 1.54) is 14.0 Å². The van der Waals surface area contributed by atoms with Gasteiger partial charge in [0.2, 0.25) is 0 Å². The molecule has 0 saturated heterocycles. The van der Waals surface area contributed by atoms with Gasteiger partial charge in [-0.15, -0.1) is 0 Å². The summed E-state index contributed by atoms with van der Waals surface area (Å²) < 4.78 is 26.5. The number of benzene rings is 1. The Labute approximate surface area is 93.6 Å². The van der Waals surface area contributed by atoms with Gasteiger partial charge in [0.05, 0.1) is 0 Å². The first-order valence-corrected chi connectivity index (χ1v) is 4.95. The predicted molar refractivity (Wildman–Crippen MR) is 60.2 cm³/mol. The molecule has 0 radical (unpaired) electrons. The van der Waals surface area contributed by atoms with E-state index in [-0.39, 0.29) is 11.3 Å². The van der Waals surface area contributed by atoms with E-state index in [4.69, 9.17) is 5.73 Å². The van der Waals surface area contributed by atoms with Crippen molar-refractivity contribution in [2.45, 2.75) is 20.8 Å². The lowest BCUT2D eigenvalue weighted by molar-refractivity contribution is 0.0954. The van der Waals surface area contributed by atoms with Crippen LogP contribution in [0, 0.1) is 18.6 Å². The second-order valence-electron chi connectivity index (χ2n) is 2.84. The van der Waals surface area contributed by atoms with Crippen LogP contribution >= 0.6 is 0 Å². The zero-order chi connectivity index (χ0) is 12.9. The monoisotopic (exact) mass is 230 g/mol. The minimum atomic E-state index is -0.954. The molecular weight excluding hydrogens is 214 g/mol. The van der Waals surface area contributed by atoms with Crippen molar-refractivity contribution in [3.05, 3.63) is 28.8 Å². The van der Waals surface area contributed by atoms with Crippen LogP contribution in [0.4, 0.5) is 14.5 Å². The second kappa shape index (κ2) is 6.05. The molecule has 1 aromatic carbocycles. The van der Waals surface area contributed by atoms with Gasteiger partial charge >= 0.3 is 0 Å². The third-order valence-corrected chi connectivity index (χ3v) is 1.96. The molecule has 1 aromatic rings. The van der Waals surface area contributed by atoms with Crippen LogP contribution in [0.1, 0.15) is 29.8 Å². The van der Waals surface area contributed by atoms with E-state index in [2.05, 4.69) is 5.32 Å². The predicted octanol–water partition coefficient (Wildman–Crippen LogP) is 2.24. The van der Waals surface area contributed by atoms with Crippen LogP contribution in [-0.4, -0.2) is 13.0 Å². The third kappa shape index (κ3) is 2.68. The summed E-state index contributed by atoms with van der Waals surface area (Å²) >= 11 is 0. The van der Waals surface area contributed by atoms with Gasteiger partial charge < -0.3 is 11.1 Å². The first kappa shape index (κ1) is 14.3. The van der Waals surface area contributed by atoms with Crippen LogP contribution in [0.3, 0.4) is 0 Å². The summed E-state index contributed by atoms with van der Waals surface area (Å²) in [5, 5.41) is 2.15. The number of nitrogens with one attached hydrogen (secondary N) is 1. The molecular formula is C11H16F2N2O. The van der Waals surface area contributed by atoms with Gasteiger partial charge in [-0.3, -0.25) is 4.79 Å². The third-order valence-electron chi connectivity index (χ3n) is 1.96. The average Bonchev–Trinajstić information content (AvgIpc) is 2.28. The van der Waals surface area contributed by atoms with E-state index >= 15 is 0 Å². The molecule has 0 atom stereocenters. The largest absolute Gasteiger partial charge is 0.398 e. The highest BCUT2D eigenvalue weighted by atomic mass is 19.1. The van der Waals surface area contributed by atoms with Gasteiger partial charge in [0, 0.05) is 18.3 Å². The van der Waals surface area contributed by atoms with Gasteiger partial charge in [0.1, 0.15) is 17.2 Å². The lowest BCUT2D eigenvalue weighted by atomic mass is 10.1. The molecule has 3 nitrogen and oxygen atoms in total. The second-order valence-corrected chi connectivity index (χ2v) is 2.84. The normalized spacial score (nSPS) is 9.12. The van der Waals surface area contributed by atoms with Gasteiger partial charge in [-0.25, -0.2) is 8.78 Å². The summed E-state index contributed by atoms with van der Waals surface area (Å²) in [5.74, 6) is -2.67. The Morgan fingerprint density at radius 1 is 1.38 bits per heavy atom. The molecule has 1 rings (SSSR count). The SMILES string of the molecule is CC.CNC(=O)c1c(F)cc(N)c(C)c1F. The summed E-state index contributed by atoms with van der Waals surface area (Å²) in [6.07, 6.45) is 0. The van der Waals surface area contributed by atoms with E-state index in [0.29, 0.717) is 0 Å². The van der Waals surface area contributed by atoms with E-state index in [0.717, 1.165) is 6.07 Å². The maximum absolute atomic E-state index is 13.4. The Hall–Kier alpha value is -1.65. The van der Waals surface area contributed by atoms with E-state index in [1.54, 1.807) is 0 Å². The molecule has 0 aliphatic carbocycles. The van der Waals surface area contributed by atoms with Crippen molar-refractivity contribution in [3.63, 3.8) is 0 Å². The number of hydrogen-bond acceptors (Lipinski definition) is 2. The van der Waals surface area contributed by atoms with Crippen molar-refractivity contribution in [3.8, 4) is 0 Å². The van der Waals surface area contributed by atoms with Crippen molar-refractivity contribution in [1.82, 2.24) is 5.32 Å². The van der Waals surface area contributed by atoms with Crippen LogP contribution in [0.5, 0.6) is 0 Å². The molecule has 1 amide bonds. The molecule has 0 bridgehead atoms. The first-order valence-electron chi connectivity index (χ1n) is 4.95. The highest BCUT2D eigenvalue weighted by Gasteiger charge is 2.19. The fourth-order valence-corrected chi connectivity index (χ4v) is 1.07. The number of halogens is 2. The van der Waals surface area contributed by atoms with Crippen LogP contribution in [0.2, 0.25) is 0 Å². The van der Waals surface area contributed by atoms with Gasteiger partial charge in [-0.2, -0.15) is 0 Å². The van der Waals surface area contributed by atoms with Crippen LogP contribution in [0.15, 0.2) is 6.07 Å². The number of rotatable bonds is 1. The number of nitrogens with two attached hydrogens (primary N) is 1. The highest BCUT2D eigenvalue weighted by molar-refractivity contribution is 5.95. The molecule has 0 unspecified atom stereocenters. The summed E-state index contributed by atoms with van der Waals surface area (Å²) in [7, 11) is 1.30. The van der Waals surface area contributed by atoms with Gasteiger partial charge in [0.15, 0.2) is 0 Å². The van der Waals surface area contributed by atoms with Crippen molar-refractivity contribution < 1.29 is 13.6 Å². The number of carbonyl (C=O) groups excluding carboxylic acids is 1. The molecule has 0 saturated carbocycles. The highest BCUT2D eigenvalue weighted by Crippen LogP contribution is 2.21. The Bertz CT molecular complexity index is 392. The molecule has 3 N–H and O–H groups in total. The van der Waals surface area contributed by atoms with Crippen molar-refractivity contribution in [2.75, 3.05) is 12.8 Å². The number of anilines is 1. The summed E-state index contributed by atoms with van der Waals surface area (Å²) in [5.41, 5.74) is 4.79. The minimum absolute atomic E-state index is 0.00680. The topological polar surface area (TPSA) is 55.1 Å². The van der Waals surface area contributed by atoms with Crippen LogP contribution in [0.25, 0.3) is 0 Å². The Kier molecular flexibility index (Phi) is 5.42. The lowest BCUT2D eigenvalue weighted by Gasteiger charge is -2.08. The van der Waals surface area contributed by atoms with Crippen LogP contribution in [-0.2, 0) is 0 Å². The molecule has 90 valence electrons. The summed E-state index contributed by atoms with van der Waals surface area (Å²) in [6, 6.07) is 0.934. The molecule has 16 heavy (non-hydrogen) atoms. The maximum atomic E-state index is 13.4. The quantitative estimate of drug-likeness (QED) is 0.727. The van der Waals surface area contributed by atoms with E-state index < -0.39 is 23.1 Å². The van der Waals surface area contributed by atoms with E-state index in [1.807, 2.05) is 13.8 Å². The summed E-state index contributed by atoms with van der Waals surface area (Å²) in [6.45, 7) is 5.39. The molecule has 0 fully saturated rings. The molecule has 0 aliphatic heterocycles. The minimum Gasteiger partial charge on any atom is -0.398 e. The number of hydrogen-bond donors (Lipinski definition) is 2. The zero-order valence-corrected chi connectivity index (χ0v) is 9.82. The Morgan fingerprint density at radius 2 is 1.88 bits per heavy atom. The number of carbonyl (C=O) groups is 1. The molecule has 0 aliphatic rings. The van der Waals surface area contributed by atoms with Crippen molar-refractivity contribution in [1.29, 1.82) is 0 Å². The molecule has 0 aromatic heterocycles. The Morgan fingerprint density at radius 3 is 2.31 bits per heavy atom.